The minimum atomic E-state index is -0.313. The van der Waals surface area contributed by atoms with Crippen LogP contribution in [0.3, 0.4) is 0 Å². The van der Waals surface area contributed by atoms with Crippen molar-refractivity contribution in [3.05, 3.63) is 77.0 Å². The highest BCUT2D eigenvalue weighted by Gasteiger charge is 2.19. The lowest BCUT2D eigenvalue weighted by Crippen LogP contribution is -2.21. The number of hydroxylamine groups is 1. The van der Waals surface area contributed by atoms with Gasteiger partial charge in [-0.2, -0.15) is 0 Å². The highest BCUT2D eigenvalue weighted by atomic mass is 16.5. The van der Waals surface area contributed by atoms with E-state index in [0.29, 0.717) is 13.2 Å². The van der Waals surface area contributed by atoms with Gasteiger partial charge in [0.1, 0.15) is 6.61 Å². The molecule has 0 aliphatic rings. The molecule has 0 amide bonds. The summed E-state index contributed by atoms with van der Waals surface area (Å²) >= 11 is 0. The SMILES string of the molecule is CC(C)/C=[N+](\[O-])[C@@H](COCc1ccccc1)c1ccccc1. The van der Waals surface area contributed by atoms with Crippen LogP contribution in [0.4, 0.5) is 0 Å². The Balaban J connectivity index is 2.05. The Hall–Kier alpha value is -2.13. The van der Waals surface area contributed by atoms with Crippen molar-refractivity contribution in [1.82, 2.24) is 0 Å². The summed E-state index contributed by atoms with van der Waals surface area (Å²) in [6.07, 6.45) is 1.70. The first-order valence-corrected chi connectivity index (χ1v) is 7.64. The maximum atomic E-state index is 12.4. The molecule has 0 aliphatic carbocycles. The third-order valence-corrected chi connectivity index (χ3v) is 3.32. The summed E-state index contributed by atoms with van der Waals surface area (Å²) in [5.41, 5.74) is 2.09. The quantitative estimate of drug-likeness (QED) is 0.332. The summed E-state index contributed by atoms with van der Waals surface area (Å²) in [5.74, 6) is 0.206. The largest absolute Gasteiger partial charge is 0.623 e. The van der Waals surface area contributed by atoms with E-state index in [-0.39, 0.29) is 12.0 Å². The van der Waals surface area contributed by atoms with Crippen LogP contribution in [0.5, 0.6) is 0 Å². The van der Waals surface area contributed by atoms with E-state index in [1.165, 1.54) is 0 Å². The summed E-state index contributed by atoms with van der Waals surface area (Å²) in [6.45, 7) is 4.88. The predicted molar refractivity (Wildman–Crippen MR) is 89.8 cm³/mol. The van der Waals surface area contributed by atoms with Crippen LogP contribution >= 0.6 is 0 Å². The van der Waals surface area contributed by atoms with Crippen LogP contribution in [0.1, 0.15) is 31.0 Å². The highest BCUT2D eigenvalue weighted by molar-refractivity contribution is 5.54. The molecule has 3 nitrogen and oxygen atoms in total. The molecule has 0 saturated carbocycles. The molecule has 3 heteroatoms. The van der Waals surface area contributed by atoms with Gasteiger partial charge in [0.25, 0.3) is 0 Å². The number of ether oxygens (including phenoxy) is 1. The van der Waals surface area contributed by atoms with Gasteiger partial charge in [-0.3, -0.25) is 0 Å². The Morgan fingerprint density at radius 3 is 2.18 bits per heavy atom. The minimum absolute atomic E-state index is 0.206. The van der Waals surface area contributed by atoms with E-state index in [4.69, 9.17) is 4.74 Å². The van der Waals surface area contributed by atoms with Gasteiger partial charge in [-0.25, -0.2) is 4.74 Å². The maximum absolute atomic E-state index is 12.4. The van der Waals surface area contributed by atoms with Crippen LogP contribution < -0.4 is 0 Å². The van der Waals surface area contributed by atoms with Crippen LogP contribution in [0.2, 0.25) is 0 Å². The fraction of sp³-hybridized carbons (Fsp3) is 0.316. The van der Waals surface area contributed by atoms with Crippen molar-refractivity contribution in [3.8, 4) is 0 Å². The number of benzene rings is 2. The summed E-state index contributed by atoms with van der Waals surface area (Å²) in [5, 5.41) is 12.4. The molecule has 22 heavy (non-hydrogen) atoms. The zero-order valence-electron chi connectivity index (χ0n) is 13.2. The molecule has 0 spiro atoms. The van der Waals surface area contributed by atoms with Crippen molar-refractivity contribution >= 4 is 6.21 Å². The molecule has 0 N–H and O–H groups in total. The van der Waals surface area contributed by atoms with Crippen molar-refractivity contribution in [3.63, 3.8) is 0 Å². The van der Waals surface area contributed by atoms with Crippen molar-refractivity contribution in [2.45, 2.75) is 26.5 Å². The molecule has 0 unspecified atom stereocenters. The van der Waals surface area contributed by atoms with Crippen LogP contribution in [0.25, 0.3) is 0 Å². The van der Waals surface area contributed by atoms with E-state index < -0.39 is 0 Å². The van der Waals surface area contributed by atoms with Gasteiger partial charge < -0.3 is 9.94 Å². The molecule has 116 valence electrons. The summed E-state index contributed by atoms with van der Waals surface area (Å²) in [6, 6.07) is 19.5. The number of hydrogen-bond donors (Lipinski definition) is 0. The zero-order valence-corrected chi connectivity index (χ0v) is 13.2. The molecular formula is C19H23NO2. The van der Waals surface area contributed by atoms with Gasteiger partial charge in [0.2, 0.25) is 6.04 Å². The molecule has 2 rings (SSSR count). The first kappa shape index (κ1) is 16.2. The minimum Gasteiger partial charge on any atom is -0.623 e. The Morgan fingerprint density at radius 2 is 1.59 bits per heavy atom. The van der Waals surface area contributed by atoms with Gasteiger partial charge in [-0.1, -0.05) is 74.5 Å². The predicted octanol–water partition coefficient (Wildman–Crippen LogP) is 4.18. The van der Waals surface area contributed by atoms with Gasteiger partial charge >= 0.3 is 0 Å². The lowest BCUT2D eigenvalue weighted by molar-refractivity contribution is -0.510. The molecule has 0 fully saturated rings. The third kappa shape index (κ3) is 5.01. The second-order valence-corrected chi connectivity index (χ2v) is 5.68. The molecule has 0 heterocycles. The van der Waals surface area contributed by atoms with Gasteiger partial charge in [0.05, 0.1) is 6.61 Å². The smallest absolute Gasteiger partial charge is 0.211 e. The van der Waals surface area contributed by atoms with E-state index in [0.717, 1.165) is 15.9 Å². The van der Waals surface area contributed by atoms with Crippen molar-refractivity contribution in [2.24, 2.45) is 5.92 Å². The second-order valence-electron chi connectivity index (χ2n) is 5.68. The molecule has 2 aromatic carbocycles. The topological polar surface area (TPSA) is 35.3 Å². The first-order valence-electron chi connectivity index (χ1n) is 7.64. The lowest BCUT2D eigenvalue weighted by Gasteiger charge is -2.18. The second kappa shape index (κ2) is 8.35. The van der Waals surface area contributed by atoms with Crippen molar-refractivity contribution in [2.75, 3.05) is 6.61 Å². The van der Waals surface area contributed by atoms with Crippen LogP contribution in [0, 0.1) is 11.1 Å². The van der Waals surface area contributed by atoms with E-state index in [9.17, 15) is 5.21 Å². The summed E-state index contributed by atoms with van der Waals surface area (Å²) in [7, 11) is 0. The third-order valence-electron chi connectivity index (χ3n) is 3.32. The average molecular weight is 297 g/mol. The first-order chi connectivity index (χ1) is 10.7. The molecular weight excluding hydrogens is 274 g/mol. The van der Waals surface area contributed by atoms with Crippen molar-refractivity contribution < 1.29 is 9.48 Å². The molecule has 0 radical (unpaired) electrons. The van der Waals surface area contributed by atoms with Gasteiger partial charge in [0.15, 0.2) is 6.21 Å². The van der Waals surface area contributed by atoms with Crippen LogP contribution in [-0.4, -0.2) is 17.6 Å². The number of rotatable bonds is 7. The fourth-order valence-corrected chi connectivity index (χ4v) is 2.25. The fourth-order valence-electron chi connectivity index (χ4n) is 2.25. The van der Waals surface area contributed by atoms with E-state index in [2.05, 4.69) is 0 Å². The normalized spacial score (nSPS) is 13.3. The lowest BCUT2D eigenvalue weighted by atomic mass is 10.1. The standard InChI is InChI=1S/C19H23NO2/c1-16(2)13-20(21)19(18-11-7-4-8-12-18)15-22-14-17-9-5-3-6-10-17/h3-13,16,19H,14-15H2,1-2H3/b20-13-/t19-/m0/s1. The summed E-state index contributed by atoms with van der Waals surface area (Å²) < 4.78 is 6.80. The van der Waals surface area contributed by atoms with Gasteiger partial charge in [-0.05, 0) is 5.56 Å². The Morgan fingerprint density at radius 1 is 1.00 bits per heavy atom. The van der Waals surface area contributed by atoms with Crippen LogP contribution in [0.15, 0.2) is 60.7 Å². The van der Waals surface area contributed by atoms with E-state index >= 15 is 0 Å². The molecule has 0 saturated heterocycles. The van der Waals surface area contributed by atoms with Gasteiger partial charge in [-0.15, -0.1) is 0 Å². The van der Waals surface area contributed by atoms with E-state index in [1.54, 1.807) is 6.21 Å². The average Bonchev–Trinajstić information content (AvgIpc) is 2.52. The number of hydrogen-bond acceptors (Lipinski definition) is 2. The molecule has 0 bridgehead atoms. The molecule has 1 atom stereocenters. The monoisotopic (exact) mass is 297 g/mol. The molecule has 0 aromatic heterocycles. The highest BCUT2D eigenvalue weighted by Crippen LogP contribution is 2.18. The van der Waals surface area contributed by atoms with E-state index in [1.807, 2.05) is 74.5 Å². The van der Waals surface area contributed by atoms with Crippen molar-refractivity contribution in [1.29, 1.82) is 0 Å². The zero-order chi connectivity index (χ0) is 15.8. The number of nitrogens with zero attached hydrogens (tertiary/aromatic N) is 1. The van der Waals surface area contributed by atoms with Crippen LogP contribution in [-0.2, 0) is 11.3 Å². The Labute approximate surface area is 132 Å². The Kier molecular flexibility index (Phi) is 6.16. The Bertz CT molecular complexity index is 579. The maximum Gasteiger partial charge on any atom is 0.211 e. The molecule has 0 aliphatic heterocycles. The van der Waals surface area contributed by atoms with Gasteiger partial charge in [0, 0.05) is 11.5 Å². The summed E-state index contributed by atoms with van der Waals surface area (Å²) in [4.78, 5) is 0. The molecule has 2 aromatic rings.